The van der Waals surface area contributed by atoms with Crippen LogP contribution < -0.4 is 0 Å². The third kappa shape index (κ3) is 1.44. The Labute approximate surface area is 87.1 Å². The van der Waals surface area contributed by atoms with Crippen LogP contribution in [0, 0.1) is 5.92 Å². The molecule has 1 unspecified atom stereocenters. The first-order chi connectivity index (χ1) is 7.15. The van der Waals surface area contributed by atoms with E-state index in [0.717, 1.165) is 5.69 Å². The fourth-order valence-corrected chi connectivity index (χ4v) is 1.79. The Kier molecular flexibility index (Phi) is 2.30. The first kappa shape index (κ1) is 9.89. The highest BCUT2D eigenvalue weighted by atomic mass is 16.5. The normalized spacial score (nSPS) is 19.1. The van der Waals surface area contributed by atoms with Crippen molar-refractivity contribution in [1.29, 1.82) is 0 Å². The number of Topliss-reactive ketones (excluding diaryl/α,β-unsaturated/α-hetero) is 1. The van der Waals surface area contributed by atoms with Crippen LogP contribution in [0.2, 0.25) is 0 Å². The summed E-state index contributed by atoms with van der Waals surface area (Å²) in [6, 6.07) is 0. The summed E-state index contributed by atoms with van der Waals surface area (Å²) in [7, 11) is 1.81. The van der Waals surface area contributed by atoms with E-state index in [4.69, 9.17) is 4.74 Å². The fourth-order valence-electron chi connectivity index (χ4n) is 1.79. The Morgan fingerprint density at radius 3 is 3.07 bits per heavy atom. The van der Waals surface area contributed by atoms with E-state index in [-0.39, 0.29) is 5.78 Å². The molecule has 0 spiro atoms. The van der Waals surface area contributed by atoms with E-state index in [9.17, 15) is 9.59 Å². The van der Waals surface area contributed by atoms with Crippen molar-refractivity contribution in [3.05, 3.63) is 17.7 Å². The van der Waals surface area contributed by atoms with Crippen LogP contribution in [-0.2, 0) is 23.0 Å². The molecule has 0 saturated heterocycles. The van der Waals surface area contributed by atoms with Crippen LogP contribution >= 0.6 is 0 Å². The third-order valence-electron chi connectivity index (χ3n) is 2.58. The van der Waals surface area contributed by atoms with Crippen molar-refractivity contribution >= 4 is 11.8 Å². The van der Waals surface area contributed by atoms with Crippen LogP contribution in [0.15, 0.2) is 6.33 Å². The Morgan fingerprint density at radius 2 is 2.47 bits per heavy atom. The van der Waals surface area contributed by atoms with Gasteiger partial charge in [-0.2, -0.15) is 0 Å². The molecule has 1 aromatic heterocycles. The van der Waals surface area contributed by atoms with Crippen molar-refractivity contribution in [3.63, 3.8) is 0 Å². The number of imidazole rings is 1. The summed E-state index contributed by atoms with van der Waals surface area (Å²) >= 11 is 0. The zero-order valence-corrected chi connectivity index (χ0v) is 8.69. The fraction of sp³-hybridized carbons (Fsp3) is 0.500. The van der Waals surface area contributed by atoms with E-state index in [1.807, 2.05) is 7.05 Å². The zero-order chi connectivity index (χ0) is 11.0. The van der Waals surface area contributed by atoms with E-state index in [1.54, 1.807) is 17.8 Å². The molecule has 1 aliphatic rings. The van der Waals surface area contributed by atoms with Gasteiger partial charge in [0.05, 0.1) is 12.9 Å². The topological polar surface area (TPSA) is 61.2 Å². The van der Waals surface area contributed by atoms with E-state index < -0.39 is 11.9 Å². The molecular formula is C10H12N2O3. The standard InChI is InChI=1S/C10H12N2O3/c1-3-15-10(14)6-4-7-8(9(6)13)11-5-12(7)2/h5-6H,3-4H2,1-2H3. The second-order valence-corrected chi connectivity index (χ2v) is 3.52. The molecule has 1 aliphatic carbocycles. The van der Waals surface area contributed by atoms with Crippen molar-refractivity contribution in [2.24, 2.45) is 13.0 Å². The maximum atomic E-state index is 11.7. The lowest BCUT2D eigenvalue weighted by Crippen LogP contribution is -2.23. The smallest absolute Gasteiger partial charge is 0.317 e. The molecule has 0 saturated carbocycles. The summed E-state index contributed by atoms with van der Waals surface area (Å²) in [4.78, 5) is 27.2. The lowest BCUT2D eigenvalue weighted by atomic mass is 10.1. The minimum Gasteiger partial charge on any atom is -0.465 e. The van der Waals surface area contributed by atoms with Gasteiger partial charge in [0.2, 0.25) is 0 Å². The van der Waals surface area contributed by atoms with Crippen molar-refractivity contribution in [2.75, 3.05) is 6.61 Å². The van der Waals surface area contributed by atoms with Gasteiger partial charge in [0.1, 0.15) is 11.6 Å². The lowest BCUT2D eigenvalue weighted by molar-refractivity contribution is -0.146. The van der Waals surface area contributed by atoms with Crippen LogP contribution in [0.25, 0.3) is 0 Å². The summed E-state index contributed by atoms with van der Waals surface area (Å²) in [5, 5.41) is 0. The summed E-state index contributed by atoms with van der Waals surface area (Å²) in [5.41, 5.74) is 1.23. The van der Waals surface area contributed by atoms with Gasteiger partial charge in [-0.1, -0.05) is 0 Å². The number of carbonyl (C=O) groups excluding carboxylic acids is 2. The highest BCUT2D eigenvalue weighted by Crippen LogP contribution is 2.26. The molecule has 2 rings (SSSR count). The summed E-state index contributed by atoms with van der Waals surface area (Å²) in [6.45, 7) is 2.02. The van der Waals surface area contributed by atoms with E-state index in [2.05, 4.69) is 4.98 Å². The maximum absolute atomic E-state index is 11.7. The number of aromatic nitrogens is 2. The number of ether oxygens (including phenoxy) is 1. The average Bonchev–Trinajstić information content (AvgIpc) is 2.70. The van der Waals surface area contributed by atoms with Crippen LogP contribution in [0.5, 0.6) is 0 Å². The van der Waals surface area contributed by atoms with Gasteiger partial charge >= 0.3 is 5.97 Å². The molecule has 5 nitrogen and oxygen atoms in total. The largest absolute Gasteiger partial charge is 0.465 e. The van der Waals surface area contributed by atoms with Gasteiger partial charge in [-0.3, -0.25) is 9.59 Å². The molecule has 0 radical (unpaired) electrons. The molecule has 15 heavy (non-hydrogen) atoms. The predicted molar refractivity (Wildman–Crippen MR) is 51.4 cm³/mol. The Balaban J connectivity index is 2.23. The van der Waals surface area contributed by atoms with Crippen LogP contribution in [0.3, 0.4) is 0 Å². The monoisotopic (exact) mass is 208 g/mol. The van der Waals surface area contributed by atoms with Crippen LogP contribution in [-0.4, -0.2) is 27.9 Å². The molecule has 0 N–H and O–H groups in total. The van der Waals surface area contributed by atoms with E-state index in [0.29, 0.717) is 18.7 Å². The van der Waals surface area contributed by atoms with Gasteiger partial charge in [-0.15, -0.1) is 0 Å². The molecule has 0 fully saturated rings. The number of esters is 1. The Bertz CT molecular complexity index is 422. The number of ketones is 1. The zero-order valence-electron chi connectivity index (χ0n) is 8.69. The molecule has 1 aromatic rings. The third-order valence-corrected chi connectivity index (χ3v) is 2.58. The number of nitrogens with zero attached hydrogens (tertiary/aromatic N) is 2. The summed E-state index contributed by atoms with van der Waals surface area (Å²) in [6.07, 6.45) is 1.99. The number of aryl methyl sites for hydroxylation is 1. The van der Waals surface area contributed by atoms with Gasteiger partial charge in [0, 0.05) is 19.2 Å². The molecule has 0 aromatic carbocycles. The van der Waals surface area contributed by atoms with Gasteiger partial charge in [0.25, 0.3) is 0 Å². The summed E-state index contributed by atoms with van der Waals surface area (Å²) in [5.74, 6) is -1.35. The molecular weight excluding hydrogens is 196 g/mol. The average molecular weight is 208 g/mol. The van der Waals surface area contributed by atoms with Gasteiger partial charge in [0.15, 0.2) is 5.78 Å². The van der Waals surface area contributed by atoms with Crippen molar-refractivity contribution in [1.82, 2.24) is 9.55 Å². The van der Waals surface area contributed by atoms with Crippen molar-refractivity contribution < 1.29 is 14.3 Å². The molecule has 1 heterocycles. The van der Waals surface area contributed by atoms with Gasteiger partial charge in [-0.25, -0.2) is 4.98 Å². The number of carbonyl (C=O) groups is 2. The summed E-state index contributed by atoms with van der Waals surface area (Å²) < 4.78 is 6.61. The van der Waals surface area contributed by atoms with Gasteiger partial charge < -0.3 is 9.30 Å². The quantitative estimate of drug-likeness (QED) is 0.519. The molecule has 0 amide bonds. The molecule has 0 aliphatic heterocycles. The molecule has 0 bridgehead atoms. The lowest BCUT2D eigenvalue weighted by Gasteiger charge is -2.06. The minimum absolute atomic E-state index is 0.218. The van der Waals surface area contributed by atoms with Gasteiger partial charge in [-0.05, 0) is 6.92 Å². The molecule has 80 valence electrons. The van der Waals surface area contributed by atoms with E-state index in [1.165, 1.54) is 0 Å². The van der Waals surface area contributed by atoms with Crippen LogP contribution in [0.1, 0.15) is 23.1 Å². The second-order valence-electron chi connectivity index (χ2n) is 3.52. The maximum Gasteiger partial charge on any atom is 0.317 e. The van der Waals surface area contributed by atoms with Crippen molar-refractivity contribution in [3.8, 4) is 0 Å². The highest BCUT2D eigenvalue weighted by molar-refractivity contribution is 6.10. The molecule has 1 atom stereocenters. The first-order valence-corrected chi connectivity index (χ1v) is 4.86. The van der Waals surface area contributed by atoms with E-state index >= 15 is 0 Å². The van der Waals surface area contributed by atoms with Crippen molar-refractivity contribution in [2.45, 2.75) is 13.3 Å². The predicted octanol–water partition coefficient (Wildman–Crippen LogP) is 0.338. The number of rotatable bonds is 2. The first-order valence-electron chi connectivity index (χ1n) is 4.86. The Hall–Kier alpha value is -1.65. The second kappa shape index (κ2) is 3.49. The number of fused-ring (bicyclic) bond motifs is 1. The molecule has 5 heteroatoms. The van der Waals surface area contributed by atoms with Crippen LogP contribution in [0.4, 0.5) is 0 Å². The Morgan fingerprint density at radius 1 is 1.73 bits per heavy atom. The minimum atomic E-state index is -0.685. The number of hydrogen-bond donors (Lipinski definition) is 0. The SMILES string of the molecule is CCOC(=O)C1Cc2c(ncn2C)C1=O. The highest BCUT2D eigenvalue weighted by Gasteiger charge is 2.39. The number of hydrogen-bond acceptors (Lipinski definition) is 4.